The van der Waals surface area contributed by atoms with Crippen LogP contribution in [0.3, 0.4) is 0 Å². The minimum absolute atomic E-state index is 0.242. The lowest BCUT2D eigenvalue weighted by Gasteiger charge is -2.25. The Morgan fingerprint density at radius 1 is 1.11 bits per heavy atom. The van der Waals surface area contributed by atoms with Gasteiger partial charge in [0.1, 0.15) is 5.82 Å². The summed E-state index contributed by atoms with van der Waals surface area (Å²) in [6.45, 7) is 3.99. The zero-order valence-corrected chi connectivity index (χ0v) is 10.8. The molecule has 2 aromatic carbocycles. The van der Waals surface area contributed by atoms with E-state index in [-0.39, 0.29) is 5.82 Å². The fourth-order valence-corrected chi connectivity index (χ4v) is 2.19. The highest BCUT2D eigenvalue weighted by atomic mass is 19.1. The van der Waals surface area contributed by atoms with Gasteiger partial charge in [0.25, 0.3) is 0 Å². The number of aryl methyl sites for hydroxylation is 1. The second kappa shape index (κ2) is 4.91. The molecule has 0 aliphatic heterocycles. The molecule has 0 spiro atoms. The highest BCUT2D eigenvalue weighted by Gasteiger charge is 2.22. The number of hydrogen-bond acceptors (Lipinski definition) is 1. The predicted octanol–water partition coefficient (Wildman–Crippen LogP) is 3.55. The molecule has 0 heterocycles. The zero-order chi connectivity index (χ0) is 13.2. The van der Waals surface area contributed by atoms with Crippen LogP contribution in [0.25, 0.3) is 0 Å². The van der Waals surface area contributed by atoms with Crippen LogP contribution in [-0.4, -0.2) is 0 Å². The number of nitrogens with two attached hydrogens (primary N) is 1. The molecule has 0 radical (unpaired) electrons. The van der Waals surface area contributed by atoms with Gasteiger partial charge < -0.3 is 5.73 Å². The molecular weight excluding hydrogens is 225 g/mol. The summed E-state index contributed by atoms with van der Waals surface area (Å²) >= 11 is 0. The van der Waals surface area contributed by atoms with Gasteiger partial charge in [-0.1, -0.05) is 42.0 Å². The largest absolute Gasteiger partial charge is 0.321 e. The Hall–Kier alpha value is -1.67. The van der Waals surface area contributed by atoms with E-state index in [1.165, 1.54) is 23.3 Å². The van der Waals surface area contributed by atoms with Crippen LogP contribution in [0.2, 0.25) is 0 Å². The van der Waals surface area contributed by atoms with Crippen molar-refractivity contribution in [1.82, 2.24) is 0 Å². The van der Waals surface area contributed by atoms with E-state index >= 15 is 0 Å². The van der Waals surface area contributed by atoms with Crippen molar-refractivity contribution in [3.05, 3.63) is 71.0 Å². The molecule has 0 saturated carbocycles. The van der Waals surface area contributed by atoms with E-state index in [4.69, 9.17) is 5.73 Å². The molecule has 0 amide bonds. The van der Waals surface area contributed by atoms with Gasteiger partial charge in [-0.2, -0.15) is 0 Å². The lowest BCUT2D eigenvalue weighted by Crippen LogP contribution is -2.35. The van der Waals surface area contributed by atoms with Crippen LogP contribution in [0.1, 0.15) is 23.6 Å². The second-order valence-corrected chi connectivity index (χ2v) is 5.09. The molecule has 2 aromatic rings. The third-order valence-corrected chi connectivity index (χ3v) is 3.14. The summed E-state index contributed by atoms with van der Waals surface area (Å²) in [5, 5.41) is 0. The quantitative estimate of drug-likeness (QED) is 0.876. The summed E-state index contributed by atoms with van der Waals surface area (Å²) in [4.78, 5) is 0. The maximum atomic E-state index is 13.2. The number of halogens is 1. The van der Waals surface area contributed by atoms with E-state index in [1.54, 1.807) is 6.07 Å². The van der Waals surface area contributed by atoms with Crippen LogP contribution in [-0.2, 0) is 12.0 Å². The van der Waals surface area contributed by atoms with E-state index in [2.05, 4.69) is 25.1 Å². The first-order valence-electron chi connectivity index (χ1n) is 6.08. The first kappa shape index (κ1) is 12.8. The topological polar surface area (TPSA) is 26.0 Å². The molecule has 0 aliphatic carbocycles. The summed E-state index contributed by atoms with van der Waals surface area (Å²) in [6, 6.07) is 14.8. The number of benzene rings is 2. The van der Waals surface area contributed by atoms with Crippen molar-refractivity contribution in [3.8, 4) is 0 Å². The standard InChI is InChI=1S/C16H18FN/c1-12-5-3-6-13(9-12)11-16(2,18)14-7-4-8-15(17)10-14/h3-10H,11,18H2,1-2H3. The third kappa shape index (κ3) is 2.96. The Kier molecular flexibility index (Phi) is 3.48. The number of rotatable bonds is 3. The van der Waals surface area contributed by atoms with E-state index in [0.29, 0.717) is 6.42 Å². The molecular formula is C16H18FN. The van der Waals surface area contributed by atoms with E-state index in [1.807, 2.05) is 19.1 Å². The minimum Gasteiger partial charge on any atom is -0.321 e. The molecule has 94 valence electrons. The SMILES string of the molecule is Cc1cccc(CC(C)(N)c2cccc(F)c2)c1. The average Bonchev–Trinajstić information content (AvgIpc) is 2.28. The first-order valence-corrected chi connectivity index (χ1v) is 6.08. The van der Waals surface area contributed by atoms with Gasteiger partial charge in [-0.05, 0) is 43.5 Å². The predicted molar refractivity (Wildman–Crippen MR) is 72.8 cm³/mol. The van der Waals surface area contributed by atoms with Crippen molar-refractivity contribution < 1.29 is 4.39 Å². The summed E-state index contributed by atoms with van der Waals surface area (Å²) in [6.07, 6.45) is 0.693. The van der Waals surface area contributed by atoms with Gasteiger partial charge in [0.2, 0.25) is 0 Å². The summed E-state index contributed by atoms with van der Waals surface area (Å²) in [5.74, 6) is -0.242. The van der Waals surface area contributed by atoms with E-state index in [0.717, 1.165) is 5.56 Å². The van der Waals surface area contributed by atoms with Crippen LogP contribution >= 0.6 is 0 Å². The first-order chi connectivity index (χ1) is 8.47. The molecule has 2 rings (SSSR count). The van der Waals surface area contributed by atoms with Crippen molar-refractivity contribution in [3.63, 3.8) is 0 Å². The summed E-state index contributed by atoms with van der Waals surface area (Å²) < 4.78 is 13.2. The van der Waals surface area contributed by atoms with Gasteiger partial charge in [-0.3, -0.25) is 0 Å². The Balaban J connectivity index is 2.26. The van der Waals surface area contributed by atoms with Crippen molar-refractivity contribution in [2.75, 3.05) is 0 Å². The number of hydrogen-bond donors (Lipinski definition) is 1. The fraction of sp³-hybridized carbons (Fsp3) is 0.250. The molecule has 2 N–H and O–H groups in total. The van der Waals surface area contributed by atoms with E-state index < -0.39 is 5.54 Å². The lowest BCUT2D eigenvalue weighted by molar-refractivity contribution is 0.486. The zero-order valence-electron chi connectivity index (χ0n) is 10.8. The normalized spacial score (nSPS) is 14.2. The monoisotopic (exact) mass is 243 g/mol. The smallest absolute Gasteiger partial charge is 0.123 e. The highest BCUT2D eigenvalue weighted by molar-refractivity contribution is 5.29. The van der Waals surface area contributed by atoms with Crippen molar-refractivity contribution in [2.45, 2.75) is 25.8 Å². The Labute approximate surface area is 107 Å². The average molecular weight is 243 g/mol. The fourth-order valence-electron chi connectivity index (χ4n) is 2.19. The maximum absolute atomic E-state index is 13.2. The van der Waals surface area contributed by atoms with Crippen LogP contribution < -0.4 is 5.73 Å². The Morgan fingerprint density at radius 2 is 1.83 bits per heavy atom. The van der Waals surface area contributed by atoms with Gasteiger partial charge in [0.05, 0.1) is 0 Å². The molecule has 18 heavy (non-hydrogen) atoms. The minimum atomic E-state index is -0.560. The molecule has 0 saturated heterocycles. The Bertz CT molecular complexity index is 546. The Morgan fingerprint density at radius 3 is 2.50 bits per heavy atom. The van der Waals surface area contributed by atoms with Crippen LogP contribution in [0.15, 0.2) is 48.5 Å². The molecule has 0 bridgehead atoms. The van der Waals surface area contributed by atoms with Crippen LogP contribution in [0, 0.1) is 12.7 Å². The molecule has 1 atom stereocenters. The summed E-state index contributed by atoms with van der Waals surface area (Å²) in [5.41, 5.74) is 8.97. The van der Waals surface area contributed by atoms with Gasteiger partial charge in [0.15, 0.2) is 0 Å². The third-order valence-electron chi connectivity index (χ3n) is 3.14. The molecule has 1 unspecified atom stereocenters. The lowest BCUT2D eigenvalue weighted by atomic mass is 9.86. The molecule has 0 aliphatic rings. The van der Waals surface area contributed by atoms with Gasteiger partial charge in [0, 0.05) is 5.54 Å². The van der Waals surface area contributed by atoms with Crippen molar-refractivity contribution in [1.29, 1.82) is 0 Å². The van der Waals surface area contributed by atoms with Crippen molar-refractivity contribution >= 4 is 0 Å². The second-order valence-electron chi connectivity index (χ2n) is 5.09. The summed E-state index contributed by atoms with van der Waals surface area (Å²) in [7, 11) is 0. The maximum Gasteiger partial charge on any atom is 0.123 e. The molecule has 0 fully saturated rings. The highest BCUT2D eigenvalue weighted by Crippen LogP contribution is 2.23. The molecule has 1 nitrogen and oxygen atoms in total. The van der Waals surface area contributed by atoms with E-state index in [9.17, 15) is 4.39 Å². The van der Waals surface area contributed by atoms with Crippen molar-refractivity contribution in [2.24, 2.45) is 5.73 Å². The van der Waals surface area contributed by atoms with Gasteiger partial charge in [-0.25, -0.2) is 4.39 Å². The van der Waals surface area contributed by atoms with Gasteiger partial charge >= 0.3 is 0 Å². The van der Waals surface area contributed by atoms with Gasteiger partial charge in [-0.15, -0.1) is 0 Å². The molecule has 2 heteroatoms. The van der Waals surface area contributed by atoms with Crippen LogP contribution in [0.5, 0.6) is 0 Å². The van der Waals surface area contributed by atoms with Crippen LogP contribution in [0.4, 0.5) is 4.39 Å². The molecule has 0 aromatic heterocycles.